The number of nitro benzene ring substituents is 1. The molecule has 1 aromatic heterocycles. The van der Waals surface area contributed by atoms with Gasteiger partial charge >= 0.3 is 0 Å². The highest BCUT2D eigenvalue weighted by atomic mass is 32.1. The lowest BCUT2D eigenvalue weighted by atomic mass is 10.1. The summed E-state index contributed by atoms with van der Waals surface area (Å²) >= 11 is 1.33. The Kier molecular flexibility index (Phi) is 4.62. The molecule has 0 spiro atoms. The molecule has 8 heteroatoms. The summed E-state index contributed by atoms with van der Waals surface area (Å²) in [7, 11) is 3.17. The van der Waals surface area contributed by atoms with Crippen LogP contribution >= 0.6 is 11.3 Å². The van der Waals surface area contributed by atoms with E-state index < -0.39 is 4.92 Å². The van der Waals surface area contributed by atoms with Crippen LogP contribution < -0.4 is 9.47 Å². The van der Waals surface area contributed by atoms with Gasteiger partial charge in [0.15, 0.2) is 5.01 Å². The molecule has 3 aromatic rings. The van der Waals surface area contributed by atoms with Crippen LogP contribution in [0.25, 0.3) is 21.1 Å². The van der Waals surface area contributed by atoms with E-state index in [1.165, 1.54) is 17.4 Å². The van der Waals surface area contributed by atoms with E-state index in [9.17, 15) is 10.1 Å². The van der Waals surface area contributed by atoms with E-state index in [0.29, 0.717) is 32.6 Å². The summed E-state index contributed by atoms with van der Waals surface area (Å²) in [6.45, 7) is 1.70. The molecular formula is C17H15N3O4S. The van der Waals surface area contributed by atoms with Crippen molar-refractivity contribution in [2.45, 2.75) is 6.92 Å². The predicted octanol–water partition coefficient (Wildman–Crippen LogP) is 4.11. The van der Waals surface area contributed by atoms with Gasteiger partial charge in [0.25, 0.3) is 5.69 Å². The molecular weight excluding hydrogens is 342 g/mol. The van der Waals surface area contributed by atoms with Gasteiger partial charge in [-0.15, -0.1) is 10.2 Å². The lowest BCUT2D eigenvalue weighted by Crippen LogP contribution is -1.91. The number of methoxy groups -OCH3 is 2. The van der Waals surface area contributed by atoms with Crippen LogP contribution in [0.5, 0.6) is 11.5 Å². The van der Waals surface area contributed by atoms with Crippen LogP contribution in [0.4, 0.5) is 5.69 Å². The Morgan fingerprint density at radius 1 is 1.04 bits per heavy atom. The maximum Gasteiger partial charge on any atom is 0.273 e. The number of ether oxygens (including phenoxy) is 2. The summed E-state index contributed by atoms with van der Waals surface area (Å²) in [6, 6.07) is 10.4. The number of aromatic nitrogens is 2. The molecule has 0 N–H and O–H groups in total. The molecule has 0 amide bonds. The maximum atomic E-state index is 11.1. The third-order valence-corrected chi connectivity index (χ3v) is 4.72. The van der Waals surface area contributed by atoms with Crippen LogP contribution in [0.15, 0.2) is 36.4 Å². The van der Waals surface area contributed by atoms with E-state index in [4.69, 9.17) is 9.47 Å². The number of hydrogen-bond acceptors (Lipinski definition) is 7. The van der Waals surface area contributed by atoms with Crippen molar-refractivity contribution < 1.29 is 14.4 Å². The summed E-state index contributed by atoms with van der Waals surface area (Å²) in [4.78, 5) is 10.7. The molecule has 0 saturated heterocycles. The van der Waals surface area contributed by atoms with Crippen LogP contribution in [0.3, 0.4) is 0 Å². The standard InChI is InChI=1S/C17H15N3O4S/c1-10-4-5-11(8-14(10)20(21)22)16-18-19-17(25-16)13-9-12(23-2)6-7-15(13)24-3/h4-9H,1-3H3. The lowest BCUT2D eigenvalue weighted by molar-refractivity contribution is -0.385. The zero-order chi connectivity index (χ0) is 18.0. The van der Waals surface area contributed by atoms with Crippen molar-refractivity contribution in [1.29, 1.82) is 0 Å². The van der Waals surface area contributed by atoms with Gasteiger partial charge in [0.05, 0.1) is 24.7 Å². The average molecular weight is 357 g/mol. The van der Waals surface area contributed by atoms with Crippen molar-refractivity contribution in [3.8, 4) is 32.6 Å². The SMILES string of the molecule is COc1ccc(OC)c(-c2nnc(-c3ccc(C)c([N+](=O)[O-])c3)s2)c1. The first-order chi connectivity index (χ1) is 12.0. The highest BCUT2D eigenvalue weighted by molar-refractivity contribution is 7.18. The number of rotatable bonds is 5. The van der Waals surface area contributed by atoms with E-state index in [-0.39, 0.29) is 5.69 Å². The molecule has 3 rings (SSSR count). The van der Waals surface area contributed by atoms with Crippen molar-refractivity contribution in [2.24, 2.45) is 0 Å². The topological polar surface area (TPSA) is 87.4 Å². The first-order valence-corrected chi connectivity index (χ1v) is 8.16. The highest BCUT2D eigenvalue weighted by Crippen LogP contribution is 2.38. The largest absolute Gasteiger partial charge is 0.497 e. The Hall–Kier alpha value is -3.00. The molecule has 7 nitrogen and oxygen atoms in total. The first-order valence-electron chi connectivity index (χ1n) is 7.35. The smallest absolute Gasteiger partial charge is 0.273 e. The van der Waals surface area contributed by atoms with Crippen LogP contribution in [-0.2, 0) is 0 Å². The average Bonchev–Trinajstić information content (AvgIpc) is 3.11. The molecule has 0 atom stereocenters. The number of nitro groups is 1. The van der Waals surface area contributed by atoms with E-state index >= 15 is 0 Å². The van der Waals surface area contributed by atoms with Crippen molar-refractivity contribution >= 4 is 17.0 Å². The van der Waals surface area contributed by atoms with Crippen molar-refractivity contribution in [3.63, 3.8) is 0 Å². The molecule has 0 radical (unpaired) electrons. The van der Waals surface area contributed by atoms with Gasteiger partial charge in [0, 0.05) is 17.2 Å². The normalized spacial score (nSPS) is 10.5. The summed E-state index contributed by atoms with van der Waals surface area (Å²) < 4.78 is 10.6. The second kappa shape index (κ2) is 6.86. The Bertz CT molecular complexity index is 939. The molecule has 128 valence electrons. The third kappa shape index (κ3) is 3.29. The predicted molar refractivity (Wildman–Crippen MR) is 95.3 cm³/mol. The third-order valence-electron chi connectivity index (χ3n) is 3.71. The quantitative estimate of drug-likeness (QED) is 0.504. The van der Waals surface area contributed by atoms with Gasteiger partial charge in [-0.2, -0.15) is 0 Å². The number of benzene rings is 2. The second-order valence-corrected chi connectivity index (χ2v) is 6.21. The molecule has 0 bridgehead atoms. The monoisotopic (exact) mass is 357 g/mol. The van der Waals surface area contributed by atoms with Gasteiger partial charge in [-0.3, -0.25) is 10.1 Å². The summed E-state index contributed by atoms with van der Waals surface area (Å²) in [5.74, 6) is 1.33. The lowest BCUT2D eigenvalue weighted by Gasteiger charge is -2.07. The minimum atomic E-state index is -0.397. The van der Waals surface area contributed by atoms with Crippen LogP contribution in [-0.4, -0.2) is 29.3 Å². The molecule has 0 aliphatic carbocycles. The van der Waals surface area contributed by atoms with Gasteiger partial charge < -0.3 is 9.47 Å². The molecule has 25 heavy (non-hydrogen) atoms. The molecule has 0 aliphatic rings. The van der Waals surface area contributed by atoms with Gasteiger partial charge in [0.2, 0.25) is 0 Å². The van der Waals surface area contributed by atoms with E-state index in [1.807, 2.05) is 6.07 Å². The highest BCUT2D eigenvalue weighted by Gasteiger charge is 2.17. The Morgan fingerprint density at radius 2 is 1.80 bits per heavy atom. The minimum Gasteiger partial charge on any atom is -0.497 e. The molecule has 0 unspecified atom stereocenters. The molecule has 0 aliphatic heterocycles. The minimum absolute atomic E-state index is 0.0632. The molecule has 1 heterocycles. The Morgan fingerprint density at radius 3 is 2.48 bits per heavy atom. The van der Waals surface area contributed by atoms with Crippen molar-refractivity contribution in [2.75, 3.05) is 14.2 Å². The molecule has 2 aromatic carbocycles. The number of aryl methyl sites for hydroxylation is 1. The van der Waals surface area contributed by atoms with Crippen LogP contribution in [0.2, 0.25) is 0 Å². The van der Waals surface area contributed by atoms with Gasteiger partial charge in [-0.1, -0.05) is 23.5 Å². The van der Waals surface area contributed by atoms with E-state index in [2.05, 4.69) is 10.2 Å². The first kappa shape index (κ1) is 16.8. The fourth-order valence-corrected chi connectivity index (χ4v) is 3.23. The van der Waals surface area contributed by atoms with Crippen molar-refractivity contribution in [3.05, 3.63) is 52.1 Å². The van der Waals surface area contributed by atoms with Crippen LogP contribution in [0.1, 0.15) is 5.56 Å². The molecule has 0 saturated carbocycles. The number of hydrogen-bond donors (Lipinski definition) is 0. The zero-order valence-electron chi connectivity index (χ0n) is 13.8. The fourth-order valence-electron chi connectivity index (χ4n) is 2.37. The summed E-state index contributed by atoms with van der Waals surface area (Å²) in [6.07, 6.45) is 0. The van der Waals surface area contributed by atoms with Crippen LogP contribution in [0, 0.1) is 17.0 Å². The maximum absolute atomic E-state index is 11.1. The zero-order valence-corrected chi connectivity index (χ0v) is 14.7. The Balaban J connectivity index is 2.04. The van der Waals surface area contributed by atoms with Gasteiger partial charge in [-0.05, 0) is 25.1 Å². The summed E-state index contributed by atoms with van der Waals surface area (Å²) in [5.41, 5.74) is 2.08. The Labute approximate surface area is 148 Å². The van der Waals surface area contributed by atoms with Gasteiger partial charge in [-0.25, -0.2) is 0 Å². The van der Waals surface area contributed by atoms with Crippen molar-refractivity contribution in [1.82, 2.24) is 10.2 Å². The molecule has 0 fully saturated rings. The summed E-state index contributed by atoms with van der Waals surface area (Å²) in [5, 5.41) is 20.8. The fraction of sp³-hybridized carbons (Fsp3) is 0.176. The second-order valence-electron chi connectivity index (χ2n) is 5.24. The van der Waals surface area contributed by atoms with E-state index in [1.54, 1.807) is 45.4 Å². The van der Waals surface area contributed by atoms with E-state index in [0.717, 1.165) is 5.56 Å². The van der Waals surface area contributed by atoms with Gasteiger partial charge in [0.1, 0.15) is 16.5 Å². The number of nitrogens with zero attached hydrogens (tertiary/aromatic N) is 3.